The lowest BCUT2D eigenvalue weighted by molar-refractivity contribution is 0.192. The van der Waals surface area contributed by atoms with Crippen molar-refractivity contribution in [3.05, 3.63) is 34.3 Å². The molecule has 1 aromatic rings. The zero-order valence-corrected chi connectivity index (χ0v) is 12.5. The molecule has 0 aliphatic heterocycles. The van der Waals surface area contributed by atoms with Gasteiger partial charge >= 0.3 is 0 Å². The van der Waals surface area contributed by atoms with Gasteiger partial charge in [0.15, 0.2) is 5.84 Å². The Morgan fingerprint density at radius 1 is 1.40 bits per heavy atom. The number of hydrogen-bond donors (Lipinski definition) is 3. The third-order valence-corrected chi connectivity index (χ3v) is 3.33. The Balaban J connectivity index is 2.34. The first-order valence-electron chi connectivity index (χ1n) is 6.65. The van der Waals surface area contributed by atoms with Crippen LogP contribution in [0.15, 0.2) is 23.4 Å². The van der Waals surface area contributed by atoms with Crippen LogP contribution in [-0.2, 0) is 11.3 Å². The molecule has 0 amide bonds. The zero-order chi connectivity index (χ0) is 14.8. The monoisotopic (exact) mass is 299 g/mol. The number of unbranched alkanes of at least 4 members (excludes halogenated alkanes) is 2. The predicted molar refractivity (Wildman–Crippen MR) is 81.4 cm³/mol. The van der Waals surface area contributed by atoms with Crippen LogP contribution in [0.4, 0.5) is 0 Å². The predicted octanol–water partition coefficient (Wildman–Crippen LogP) is 2.34. The number of hydrogen-bond acceptors (Lipinski definition) is 4. The highest BCUT2D eigenvalue weighted by Gasteiger charge is 2.04. The van der Waals surface area contributed by atoms with E-state index in [0.29, 0.717) is 17.1 Å². The lowest BCUT2D eigenvalue weighted by atomic mass is 10.1. The van der Waals surface area contributed by atoms with Gasteiger partial charge in [-0.3, -0.25) is 0 Å². The van der Waals surface area contributed by atoms with Crippen LogP contribution in [0.5, 0.6) is 0 Å². The van der Waals surface area contributed by atoms with Crippen molar-refractivity contribution in [3.63, 3.8) is 0 Å². The van der Waals surface area contributed by atoms with Crippen LogP contribution in [0.2, 0.25) is 5.02 Å². The first-order chi connectivity index (χ1) is 9.69. The fourth-order valence-electron chi connectivity index (χ4n) is 1.80. The molecule has 0 aliphatic carbocycles. The summed E-state index contributed by atoms with van der Waals surface area (Å²) >= 11 is 6.16. The maximum atomic E-state index is 8.61. The minimum atomic E-state index is 0.0598. The molecule has 6 heteroatoms. The third-order valence-electron chi connectivity index (χ3n) is 2.97. The van der Waals surface area contributed by atoms with Crippen LogP contribution in [0.3, 0.4) is 0 Å². The quantitative estimate of drug-likeness (QED) is 0.215. The Labute approximate surface area is 124 Å². The van der Waals surface area contributed by atoms with E-state index in [0.717, 1.165) is 38.0 Å². The number of nitrogens with one attached hydrogen (secondary N) is 1. The lowest BCUT2D eigenvalue weighted by Gasteiger charge is -2.08. The lowest BCUT2D eigenvalue weighted by Crippen LogP contribution is -2.16. The van der Waals surface area contributed by atoms with E-state index in [4.69, 9.17) is 27.3 Å². The molecule has 0 spiro atoms. The van der Waals surface area contributed by atoms with Crippen molar-refractivity contribution in [2.75, 3.05) is 20.3 Å². The summed E-state index contributed by atoms with van der Waals surface area (Å²) in [6.07, 6.45) is 3.35. The molecule has 0 aromatic heterocycles. The van der Waals surface area contributed by atoms with E-state index in [1.165, 1.54) is 0 Å². The van der Waals surface area contributed by atoms with E-state index in [2.05, 4.69) is 10.5 Å². The van der Waals surface area contributed by atoms with Crippen LogP contribution in [0, 0.1) is 0 Å². The summed E-state index contributed by atoms with van der Waals surface area (Å²) in [6.45, 7) is 2.47. The number of ether oxygens (including phenoxy) is 1. The zero-order valence-electron chi connectivity index (χ0n) is 11.7. The van der Waals surface area contributed by atoms with Crippen molar-refractivity contribution in [2.45, 2.75) is 25.8 Å². The molecule has 5 nitrogen and oxygen atoms in total. The van der Waals surface area contributed by atoms with Gasteiger partial charge < -0.3 is 21.0 Å². The van der Waals surface area contributed by atoms with Gasteiger partial charge in [-0.05, 0) is 37.4 Å². The molecule has 1 aromatic carbocycles. The summed E-state index contributed by atoms with van der Waals surface area (Å²) in [7, 11) is 1.72. The van der Waals surface area contributed by atoms with E-state index in [1.54, 1.807) is 19.2 Å². The molecule has 4 N–H and O–H groups in total. The number of nitrogens with zero attached hydrogens (tertiary/aromatic N) is 1. The minimum Gasteiger partial charge on any atom is -0.409 e. The van der Waals surface area contributed by atoms with E-state index in [9.17, 15) is 0 Å². The molecule has 0 atom stereocenters. The Morgan fingerprint density at radius 3 is 2.85 bits per heavy atom. The van der Waals surface area contributed by atoms with Gasteiger partial charge in [-0.15, -0.1) is 0 Å². The summed E-state index contributed by atoms with van der Waals surface area (Å²) in [5, 5.41) is 15.5. The molecule has 0 unspecified atom stereocenters. The molecule has 0 heterocycles. The van der Waals surface area contributed by atoms with Crippen molar-refractivity contribution < 1.29 is 9.94 Å². The van der Waals surface area contributed by atoms with Gasteiger partial charge in [-0.25, -0.2) is 0 Å². The molecule has 112 valence electrons. The standard InChI is InChI=1S/C14H22ClN3O2/c1-20-8-4-2-3-7-17-10-12-6-5-11(9-13(12)15)14(16)18-19/h5-6,9,17,19H,2-4,7-8,10H2,1H3,(H2,16,18). The smallest absolute Gasteiger partial charge is 0.170 e. The van der Waals surface area contributed by atoms with Crippen molar-refractivity contribution in [2.24, 2.45) is 10.9 Å². The van der Waals surface area contributed by atoms with Crippen LogP contribution in [-0.4, -0.2) is 31.3 Å². The molecule has 0 bridgehead atoms. The molecule has 0 saturated heterocycles. The van der Waals surface area contributed by atoms with Gasteiger partial charge in [-0.1, -0.05) is 28.9 Å². The van der Waals surface area contributed by atoms with E-state index < -0.39 is 0 Å². The summed E-state index contributed by atoms with van der Waals surface area (Å²) < 4.78 is 5.00. The van der Waals surface area contributed by atoms with E-state index in [1.807, 2.05) is 6.07 Å². The average molecular weight is 300 g/mol. The number of nitrogens with two attached hydrogens (primary N) is 1. The minimum absolute atomic E-state index is 0.0598. The molecule has 20 heavy (non-hydrogen) atoms. The third kappa shape index (κ3) is 5.77. The van der Waals surface area contributed by atoms with Gasteiger partial charge in [0.1, 0.15) is 0 Å². The summed E-state index contributed by atoms with van der Waals surface area (Å²) in [5.74, 6) is 0.0598. The van der Waals surface area contributed by atoms with Gasteiger partial charge in [-0.2, -0.15) is 0 Å². The van der Waals surface area contributed by atoms with Crippen molar-refractivity contribution in [1.82, 2.24) is 5.32 Å². The second-order valence-corrected chi connectivity index (χ2v) is 4.93. The second kappa shape index (κ2) is 9.58. The van der Waals surface area contributed by atoms with Crippen LogP contribution in [0.25, 0.3) is 0 Å². The molecule has 0 fully saturated rings. The van der Waals surface area contributed by atoms with Crippen molar-refractivity contribution in [3.8, 4) is 0 Å². The van der Waals surface area contributed by atoms with Gasteiger partial charge in [0.2, 0.25) is 0 Å². The van der Waals surface area contributed by atoms with Crippen LogP contribution in [0.1, 0.15) is 30.4 Å². The number of benzene rings is 1. The molecule has 0 radical (unpaired) electrons. The molecular formula is C14H22ClN3O2. The Bertz CT molecular complexity index is 438. The van der Waals surface area contributed by atoms with Crippen molar-refractivity contribution >= 4 is 17.4 Å². The van der Waals surface area contributed by atoms with Crippen LogP contribution < -0.4 is 11.1 Å². The highest BCUT2D eigenvalue weighted by Crippen LogP contribution is 2.17. The number of halogens is 1. The number of amidine groups is 1. The van der Waals surface area contributed by atoms with E-state index >= 15 is 0 Å². The Kier molecular flexibility index (Phi) is 8.02. The maximum Gasteiger partial charge on any atom is 0.170 e. The molecule has 0 saturated carbocycles. The van der Waals surface area contributed by atoms with Crippen molar-refractivity contribution in [1.29, 1.82) is 0 Å². The molecular weight excluding hydrogens is 278 g/mol. The highest BCUT2D eigenvalue weighted by atomic mass is 35.5. The Hall–Kier alpha value is -1.30. The van der Waals surface area contributed by atoms with Gasteiger partial charge in [0.05, 0.1) is 0 Å². The topological polar surface area (TPSA) is 79.9 Å². The van der Waals surface area contributed by atoms with Gasteiger partial charge in [0.25, 0.3) is 0 Å². The first-order valence-corrected chi connectivity index (χ1v) is 7.02. The van der Waals surface area contributed by atoms with Crippen LogP contribution >= 0.6 is 11.6 Å². The highest BCUT2D eigenvalue weighted by molar-refractivity contribution is 6.31. The largest absolute Gasteiger partial charge is 0.409 e. The second-order valence-electron chi connectivity index (χ2n) is 4.52. The normalized spacial score (nSPS) is 11.8. The molecule has 0 aliphatic rings. The number of rotatable bonds is 9. The fraction of sp³-hybridized carbons (Fsp3) is 0.500. The number of oxime groups is 1. The first kappa shape index (κ1) is 16.8. The van der Waals surface area contributed by atoms with Gasteiger partial charge in [0, 0.05) is 30.8 Å². The maximum absolute atomic E-state index is 8.61. The molecule has 1 rings (SSSR count). The number of methoxy groups -OCH3 is 1. The summed E-state index contributed by atoms with van der Waals surface area (Å²) in [5.41, 5.74) is 7.12. The SMILES string of the molecule is COCCCCCNCc1ccc(/C(N)=N/O)cc1Cl. The average Bonchev–Trinajstić information content (AvgIpc) is 2.46. The van der Waals surface area contributed by atoms with E-state index in [-0.39, 0.29) is 5.84 Å². The summed E-state index contributed by atoms with van der Waals surface area (Å²) in [4.78, 5) is 0. The Morgan fingerprint density at radius 2 is 2.20 bits per heavy atom. The summed E-state index contributed by atoms with van der Waals surface area (Å²) in [6, 6.07) is 5.37. The fourth-order valence-corrected chi connectivity index (χ4v) is 2.05.